The van der Waals surface area contributed by atoms with Gasteiger partial charge in [0.1, 0.15) is 5.82 Å². The second-order valence-electron chi connectivity index (χ2n) is 5.02. The van der Waals surface area contributed by atoms with Crippen LogP contribution >= 0.6 is 15.9 Å². The summed E-state index contributed by atoms with van der Waals surface area (Å²) in [6.45, 7) is 8.08. The number of rotatable bonds is 1. The van der Waals surface area contributed by atoms with Crippen molar-refractivity contribution in [3.63, 3.8) is 0 Å². The molecule has 0 saturated carbocycles. The zero-order valence-electron chi connectivity index (χ0n) is 10.2. The molecule has 0 N–H and O–H groups in total. The molecule has 0 bridgehead atoms. The third-order valence-electron chi connectivity index (χ3n) is 3.61. The molecule has 0 amide bonds. The Morgan fingerprint density at radius 2 is 2.12 bits per heavy atom. The van der Waals surface area contributed by atoms with Gasteiger partial charge in [0, 0.05) is 18.8 Å². The monoisotopic (exact) mass is 282 g/mol. The van der Waals surface area contributed by atoms with Gasteiger partial charge in [-0.05, 0) is 53.2 Å². The van der Waals surface area contributed by atoms with Gasteiger partial charge in [0.05, 0.1) is 4.47 Å². The molecule has 3 unspecified atom stereocenters. The van der Waals surface area contributed by atoms with Crippen LogP contribution in [0.1, 0.15) is 27.2 Å². The highest BCUT2D eigenvalue weighted by Crippen LogP contribution is 2.33. The molecule has 2 rings (SSSR count). The molecule has 2 heterocycles. The van der Waals surface area contributed by atoms with E-state index in [1.807, 2.05) is 12.3 Å². The Labute approximate surface area is 106 Å². The van der Waals surface area contributed by atoms with E-state index in [1.165, 1.54) is 6.42 Å². The molecule has 1 aromatic rings. The highest BCUT2D eigenvalue weighted by molar-refractivity contribution is 9.10. The number of hydrogen-bond acceptors (Lipinski definition) is 2. The van der Waals surface area contributed by atoms with E-state index in [2.05, 4.69) is 52.7 Å². The summed E-state index contributed by atoms with van der Waals surface area (Å²) >= 11 is 3.59. The van der Waals surface area contributed by atoms with Crippen LogP contribution in [0.3, 0.4) is 0 Å². The first-order chi connectivity index (χ1) is 7.59. The van der Waals surface area contributed by atoms with Crippen molar-refractivity contribution in [3.05, 3.63) is 22.8 Å². The number of anilines is 1. The summed E-state index contributed by atoms with van der Waals surface area (Å²) in [5.74, 6) is 2.58. The molecule has 0 radical (unpaired) electrons. The molecule has 1 aromatic heterocycles. The predicted molar refractivity (Wildman–Crippen MR) is 71.7 cm³/mol. The van der Waals surface area contributed by atoms with E-state index >= 15 is 0 Å². The molecule has 0 spiro atoms. The summed E-state index contributed by atoms with van der Waals surface area (Å²) in [4.78, 5) is 6.93. The molecular weight excluding hydrogens is 264 g/mol. The molecule has 1 fully saturated rings. The Balaban J connectivity index is 2.29. The third-order valence-corrected chi connectivity index (χ3v) is 4.23. The van der Waals surface area contributed by atoms with Gasteiger partial charge < -0.3 is 4.90 Å². The molecule has 1 aliphatic rings. The van der Waals surface area contributed by atoms with Crippen molar-refractivity contribution < 1.29 is 0 Å². The second-order valence-corrected chi connectivity index (χ2v) is 5.87. The Morgan fingerprint density at radius 1 is 1.38 bits per heavy atom. The molecule has 0 aromatic carbocycles. The molecular formula is C13H19BrN2. The average molecular weight is 283 g/mol. The number of aromatic nitrogens is 1. The molecule has 88 valence electrons. The van der Waals surface area contributed by atoms with Crippen molar-refractivity contribution >= 4 is 21.7 Å². The van der Waals surface area contributed by atoms with Gasteiger partial charge in [0.25, 0.3) is 0 Å². The fourth-order valence-electron chi connectivity index (χ4n) is 2.58. The van der Waals surface area contributed by atoms with Gasteiger partial charge in [-0.2, -0.15) is 0 Å². The lowest BCUT2D eigenvalue weighted by Crippen LogP contribution is -2.46. The number of halogens is 1. The van der Waals surface area contributed by atoms with Crippen LogP contribution in [0.2, 0.25) is 0 Å². The molecule has 0 aliphatic carbocycles. The summed E-state index contributed by atoms with van der Waals surface area (Å²) in [5.41, 5.74) is 0. The fourth-order valence-corrected chi connectivity index (χ4v) is 3.07. The topological polar surface area (TPSA) is 16.1 Å². The molecule has 3 atom stereocenters. The standard InChI is InChI=1S/C13H19BrN2/c1-9-7-10(2)11(3)16(8-9)13-12(14)5-4-6-15-13/h4-6,9-11H,7-8H2,1-3H3. The van der Waals surface area contributed by atoms with Crippen LogP contribution in [-0.2, 0) is 0 Å². The van der Waals surface area contributed by atoms with Crippen LogP contribution in [-0.4, -0.2) is 17.6 Å². The Morgan fingerprint density at radius 3 is 2.81 bits per heavy atom. The Hall–Kier alpha value is -0.570. The van der Waals surface area contributed by atoms with Gasteiger partial charge in [-0.1, -0.05) is 13.8 Å². The van der Waals surface area contributed by atoms with E-state index in [1.54, 1.807) is 0 Å². The van der Waals surface area contributed by atoms with Crippen molar-refractivity contribution in [1.82, 2.24) is 4.98 Å². The maximum atomic E-state index is 4.50. The maximum Gasteiger partial charge on any atom is 0.143 e. The lowest BCUT2D eigenvalue weighted by atomic mass is 9.86. The molecule has 1 saturated heterocycles. The number of nitrogens with zero attached hydrogens (tertiary/aromatic N) is 2. The van der Waals surface area contributed by atoms with Crippen LogP contribution in [0.25, 0.3) is 0 Å². The largest absolute Gasteiger partial charge is 0.352 e. The summed E-state index contributed by atoms with van der Waals surface area (Å²) in [6, 6.07) is 4.61. The predicted octanol–water partition coefficient (Wildman–Crippen LogP) is 3.71. The minimum absolute atomic E-state index is 0.572. The first-order valence-corrected chi connectivity index (χ1v) is 6.76. The molecule has 2 nitrogen and oxygen atoms in total. The van der Waals surface area contributed by atoms with Crippen LogP contribution in [0.5, 0.6) is 0 Å². The lowest BCUT2D eigenvalue weighted by molar-refractivity contribution is 0.295. The summed E-state index contributed by atoms with van der Waals surface area (Å²) in [6.07, 6.45) is 3.19. The van der Waals surface area contributed by atoms with E-state index in [0.29, 0.717) is 6.04 Å². The fraction of sp³-hybridized carbons (Fsp3) is 0.615. The van der Waals surface area contributed by atoms with Gasteiger partial charge in [0.15, 0.2) is 0 Å². The number of pyridine rings is 1. The van der Waals surface area contributed by atoms with Crippen molar-refractivity contribution in [2.24, 2.45) is 11.8 Å². The zero-order chi connectivity index (χ0) is 11.7. The van der Waals surface area contributed by atoms with E-state index in [0.717, 1.165) is 28.7 Å². The van der Waals surface area contributed by atoms with Crippen LogP contribution in [0.15, 0.2) is 22.8 Å². The SMILES string of the molecule is CC1CC(C)C(C)N(c2ncccc2Br)C1. The highest BCUT2D eigenvalue weighted by Gasteiger charge is 2.30. The first kappa shape index (κ1) is 11.9. The van der Waals surface area contributed by atoms with Crippen molar-refractivity contribution in [3.8, 4) is 0 Å². The summed E-state index contributed by atoms with van der Waals surface area (Å²) in [7, 11) is 0. The van der Waals surface area contributed by atoms with Gasteiger partial charge in [-0.25, -0.2) is 4.98 Å². The van der Waals surface area contributed by atoms with Crippen molar-refractivity contribution in [2.75, 3.05) is 11.4 Å². The van der Waals surface area contributed by atoms with Crippen LogP contribution in [0, 0.1) is 11.8 Å². The quantitative estimate of drug-likeness (QED) is 0.781. The number of piperidine rings is 1. The van der Waals surface area contributed by atoms with Gasteiger partial charge >= 0.3 is 0 Å². The van der Waals surface area contributed by atoms with Gasteiger partial charge in [0.2, 0.25) is 0 Å². The summed E-state index contributed by atoms with van der Waals surface area (Å²) in [5, 5.41) is 0. The lowest BCUT2D eigenvalue weighted by Gasteiger charge is -2.42. The minimum Gasteiger partial charge on any atom is -0.352 e. The third kappa shape index (κ3) is 2.24. The van der Waals surface area contributed by atoms with E-state index in [4.69, 9.17) is 0 Å². The first-order valence-electron chi connectivity index (χ1n) is 5.96. The Kier molecular flexibility index (Phi) is 3.53. The smallest absolute Gasteiger partial charge is 0.143 e. The molecule has 1 aliphatic heterocycles. The van der Waals surface area contributed by atoms with Gasteiger partial charge in [-0.15, -0.1) is 0 Å². The van der Waals surface area contributed by atoms with Crippen molar-refractivity contribution in [2.45, 2.75) is 33.2 Å². The number of hydrogen-bond donors (Lipinski definition) is 0. The van der Waals surface area contributed by atoms with Crippen LogP contribution < -0.4 is 4.90 Å². The minimum atomic E-state index is 0.572. The maximum absolute atomic E-state index is 4.50. The molecule has 3 heteroatoms. The zero-order valence-corrected chi connectivity index (χ0v) is 11.7. The van der Waals surface area contributed by atoms with E-state index in [-0.39, 0.29) is 0 Å². The second kappa shape index (κ2) is 4.74. The van der Waals surface area contributed by atoms with E-state index in [9.17, 15) is 0 Å². The average Bonchev–Trinajstić information content (AvgIpc) is 2.24. The molecule has 16 heavy (non-hydrogen) atoms. The highest BCUT2D eigenvalue weighted by atomic mass is 79.9. The normalized spacial score (nSPS) is 30.5. The summed E-state index contributed by atoms with van der Waals surface area (Å²) < 4.78 is 1.10. The Bertz CT molecular complexity index is 367. The van der Waals surface area contributed by atoms with Crippen LogP contribution in [0.4, 0.5) is 5.82 Å². The van der Waals surface area contributed by atoms with Gasteiger partial charge in [-0.3, -0.25) is 0 Å². The van der Waals surface area contributed by atoms with E-state index < -0.39 is 0 Å². The van der Waals surface area contributed by atoms with Crippen molar-refractivity contribution in [1.29, 1.82) is 0 Å².